The molecule has 31 heavy (non-hydrogen) atoms. The van der Waals surface area contributed by atoms with E-state index in [4.69, 9.17) is 9.15 Å². The normalized spacial score (nSPS) is 11.9. The van der Waals surface area contributed by atoms with Crippen LogP contribution in [0.15, 0.2) is 29.0 Å². The molecule has 0 saturated carbocycles. The topological polar surface area (TPSA) is 124 Å². The van der Waals surface area contributed by atoms with E-state index in [1.165, 1.54) is 0 Å². The molecule has 0 fully saturated rings. The zero-order valence-corrected chi connectivity index (χ0v) is 18.0. The Morgan fingerprint density at radius 3 is 2.74 bits per heavy atom. The first-order chi connectivity index (χ1) is 14.8. The number of furan rings is 1. The number of hydrogen-bond acceptors (Lipinski definition) is 8. The van der Waals surface area contributed by atoms with E-state index in [2.05, 4.69) is 30.8 Å². The summed E-state index contributed by atoms with van der Waals surface area (Å²) in [6.07, 6.45) is 4.65. The summed E-state index contributed by atoms with van der Waals surface area (Å²) in [7, 11) is 1.84. The van der Waals surface area contributed by atoms with E-state index in [0.29, 0.717) is 41.9 Å². The summed E-state index contributed by atoms with van der Waals surface area (Å²) in [6.45, 7) is 6.69. The summed E-state index contributed by atoms with van der Waals surface area (Å²) in [5.41, 5.74) is 0.736. The van der Waals surface area contributed by atoms with Crippen LogP contribution in [0.2, 0.25) is 0 Å². The summed E-state index contributed by atoms with van der Waals surface area (Å²) < 4.78 is 14.0. The number of carbonyl (C=O) groups excluding carboxylic acids is 1. The number of hydrogen-bond donors (Lipinski definition) is 2. The molecule has 4 heterocycles. The second-order valence-electron chi connectivity index (χ2n) is 8.19. The molecule has 2 N–H and O–H groups in total. The highest BCUT2D eigenvalue weighted by Crippen LogP contribution is 2.23. The second kappa shape index (κ2) is 8.25. The van der Waals surface area contributed by atoms with Crippen LogP contribution in [-0.4, -0.2) is 54.1 Å². The molecule has 11 nitrogen and oxygen atoms in total. The van der Waals surface area contributed by atoms with E-state index in [-0.39, 0.29) is 0 Å². The lowest BCUT2D eigenvalue weighted by atomic mass is 10.2. The van der Waals surface area contributed by atoms with E-state index in [0.717, 1.165) is 18.2 Å². The number of nitrogens with zero attached hydrogens (tertiary/aromatic N) is 6. The van der Waals surface area contributed by atoms with Crippen LogP contribution in [0, 0.1) is 0 Å². The van der Waals surface area contributed by atoms with Crippen LogP contribution >= 0.6 is 0 Å². The van der Waals surface area contributed by atoms with Crippen LogP contribution in [-0.2, 0) is 11.8 Å². The maximum Gasteiger partial charge on any atom is 0.407 e. The first kappa shape index (κ1) is 20.6. The highest BCUT2D eigenvalue weighted by molar-refractivity contribution is 5.90. The van der Waals surface area contributed by atoms with Crippen LogP contribution in [0.25, 0.3) is 28.3 Å². The molecule has 4 rings (SSSR count). The quantitative estimate of drug-likeness (QED) is 0.432. The Balaban J connectivity index is 1.43. The van der Waals surface area contributed by atoms with Gasteiger partial charge in [-0.25, -0.2) is 9.78 Å². The van der Waals surface area contributed by atoms with E-state index < -0.39 is 11.7 Å². The van der Waals surface area contributed by atoms with Crippen molar-refractivity contribution in [2.24, 2.45) is 7.05 Å². The van der Waals surface area contributed by atoms with Gasteiger partial charge in [-0.15, -0.1) is 5.10 Å². The fourth-order valence-electron chi connectivity index (χ4n) is 3.08. The number of unbranched alkanes of at least 4 members (excludes halogenated alkanes) is 1. The van der Waals surface area contributed by atoms with Crippen molar-refractivity contribution in [2.45, 2.75) is 39.2 Å². The predicted octanol–water partition coefficient (Wildman–Crippen LogP) is 2.99. The lowest BCUT2D eigenvalue weighted by Gasteiger charge is -2.19. The minimum atomic E-state index is -0.501. The molecule has 11 heteroatoms. The standard InChI is InChI=1S/C20H26N8O3/c1-20(2,3)31-19(29)22-10-6-5-9-21-18-24-15-13(12-27(4)25-15)17-23-16(26-28(17)18)14-8-7-11-30-14/h7-8,11-12H,5-6,9-10H2,1-4H3,(H,22,29)(H,21,24,25). The molecule has 164 valence electrons. The van der Waals surface area contributed by atoms with E-state index in [1.807, 2.05) is 40.1 Å². The molecule has 0 spiro atoms. The van der Waals surface area contributed by atoms with Crippen molar-refractivity contribution in [2.75, 3.05) is 18.4 Å². The SMILES string of the molecule is Cn1cc2c(nc(NCCCCNC(=O)OC(C)(C)C)n3nc(-c4ccco4)nc23)n1. The van der Waals surface area contributed by atoms with Crippen molar-refractivity contribution in [3.63, 3.8) is 0 Å². The van der Waals surface area contributed by atoms with Gasteiger partial charge in [0.05, 0.1) is 11.6 Å². The Hall–Kier alpha value is -3.63. The molecule has 0 aliphatic rings. The Morgan fingerprint density at radius 2 is 2.00 bits per heavy atom. The molecule has 0 unspecified atom stereocenters. The molecular weight excluding hydrogens is 400 g/mol. The van der Waals surface area contributed by atoms with Gasteiger partial charge in [0.2, 0.25) is 11.8 Å². The first-order valence-corrected chi connectivity index (χ1v) is 10.1. The first-order valence-electron chi connectivity index (χ1n) is 10.1. The van der Waals surface area contributed by atoms with E-state index in [1.54, 1.807) is 21.5 Å². The van der Waals surface area contributed by atoms with Crippen molar-refractivity contribution in [1.82, 2.24) is 34.7 Å². The molecular formula is C20H26N8O3. The zero-order chi connectivity index (χ0) is 22.0. The van der Waals surface area contributed by atoms with Crippen LogP contribution < -0.4 is 10.6 Å². The largest absolute Gasteiger partial charge is 0.461 e. The Bertz CT molecular complexity index is 1190. The third kappa shape index (κ3) is 4.76. The number of ether oxygens (including phenoxy) is 1. The van der Waals surface area contributed by atoms with Crippen LogP contribution in [0.1, 0.15) is 33.6 Å². The minimum Gasteiger partial charge on any atom is -0.461 e. The lowest BCUT2D eigenvalue weighted by molar-refractivity contribution is 0.0527. The van der Waals surface area contributed by atoms with Gasteiger partial charge in [0.25, 0.3) is 0 Å². The Labute approximate surface area is 178 Å². The third-order valence-corrected chi connectivity index (χ3v) is 4.37. The van der Waals surface area contributed by atoms with Gasteiger partial charge < -0.3 is 19.8 Å². The number of carbonyl (C=O) groups is 1. The highest BCUT2D eigenvalue weighted by Gasteiger charge is 2.18. The average Bonchev–Trinajstić information content (AvgIpc) is 3.40. The second-order valence-corrected chi connectivity index (χ2v) is 8.19. The smallest absolute Gasteiger partial charge is 0.407 e. The summed E-state index contributed by atoms with van der Waals surface area (Å²) in [5.74, 6) is 1.61. The molecule has 0 radical (unpaired) electrons. The van der Waals surface area contributed by atoms with Crippen molar-refractivity contribution >= 4 is 28.7 Å². The molecule has 0 aliphatic carbocycles. The summed E-state index contributed by atoms with van der Waals surface area (Å²) in [4.78, 5) is 20.9. The van der Waals surface area contributed by atoms with Crippen molar-refractivity contribution < 1.29 is 13.9 Å². The molecule has 0 saturated heterocycles. The van der Waals surface area contributed by atoms with Crippen LogP contribution in [0.3, 0.4) is 0 Å². The number of aromatic nitrogens is 6. The summed E-state index contributed by atoms with van der Waals surface area (Å²) >= 11 is 0. The summed E-state index contributed by atoms with van der Waals surface area (Å²) in [6, 6.07) is 3.61. The van der Waals surface area contributed by atoms with Crippen molar-refractivity contribution in [3.8, 4) is 11.6 Å². The van der Waals surface area contributed by atoms with Gasteiger partial charge in [-0.05, 0) is 45.7 Å². The third-order valence-electron chi connectivity index (χ3n) is 4.37. The van der Waals surface area contributed by atoms with Gasteiger partial charge >= 0.3 is 6.09 Å². The molecule has 0 aromatic carbocycles. The number of amides is 1. The van der Waals surface area contributed by atoms with Crippen molar-refractivity contribution in [1.29, 1.82) is 0 Å². The van der Waals surface area contributed by atoms with Crippen LogP contribution in [0.4, 0.5) is 10.7 Å². The number of nitrogens with one attached hydrogen (secondary N) is 2. The average molecular weight is 426 g/mol. The maximum atomic E-state index is 11.7. The molecule has 4 aromatic heterocycles. The molecule has 0 bridgehead atoms. The van der Waals surface area contributed by atoms with Gasteiger partial charge in [0.15, 0.2) is 17.1 Å². The highest BCUT2D eigenvalue weighted by atomic mass is 16.6. The van der Waals surface area contributed by atoms with Crippen molar-refractivity contribution in [3.05, 3.63) is 24.6 Å². The molecule has 1 amide bonds. The Morgan fingerprint density at radius 1 is 1.19 bits per heavy atom. The van der Waals surface area contributed by atoms with Gasteiger partial charge in [0.1, 0.15) is 5.60 Å². The van der Waals surface area contributed by atoms with Gasteiger partial charge in [-0.3, -0.25) is 4.68 Å². The van der Waals surface area contributed by atoms with Gasteiger partial charge in [-0.2, -0.15) is 14.6 Å². The van der Waals surface area contributed by atoms with E-state index in [9.17, 15) is 4.79 Å². The number of fused-ring (bicyclic) bond motifs is 3. The number of anilines is 1. The lowest BCUT2D eigenvalue weighted by Crippen LogP contribution is -2.33. The molecule has 4 aromatic rings. The summed E-state index contributed by atoms with van der Waals surface area (Å²) in [5, 5.41) is 15.8. The minimum absolute atomic E-state index is 0.405. The number of aryl methyl sites for hydroxylation is 1. The predicted molar refractivity (Wildman–Crippen MR) is 115 cm³/mol. The maximum absolute atomic E-state index is 11.7. The van der Waals surface area contributed by atoms with Gasteiger partial charge in [0, 0.05) is 26.3 Å². The van der Waals surface area contributed by atoms with Gasteiger partial charge in [-0.1, -0.05) is 0 Å². The van der Waals surface area contributed by atoms with Crippen LogP contribution in [0.5, 0.6) is 0 Å². The Kier molecular flexibility index (Phi) is 5.49. The fourth-order valence-corrected chi connectivity index (χ4v) is 3.08. The monoisotopic (exact) mass is 426 g/mol. The van der Waals surface area contributed by atoms with E-state index >= 15 is 0 Å². The zero-order valence-electron chi connectivity index (χ0n) is 18.0. The number of alkyl carbamates (subject to hydrolysis) is 1. The molecule has 0 atom stereocenters. The molecule has 0 aliphatic heterocycles. The number of rotatable bonds is 7. The fraction of sp³-hybridized carbons (Fsp3) is 0.450.